The Morgan fingerprint density at radius 1 is 1.67 bits per heavy atom. The molecule has 1 aliphatic heterocycles. The molecular formula is C11H22N2OS. The molecule has 2 atom stereocenters. The molecule has 0 bridgehead atoms. The van der Waals surface area contributed by atoms with E-state index in [4.69, 9.17) is 5.73 Å². The molecule has 1 unspecified atom stereocenters. The van der Waals surface area contributed by atoms with Gasteiger partial charge in [-0.2, -0.15) is 11.8 Å². The van der Waals surface area contributed by atoms with E-state index >= 15 is 0 Å². The monoisotopic (exact) mass is 230 g/mol. The zero-order chi connectivity index (χ0) is 11.3. The molecule has 0 radical (unpaired) electrons. The number of thioether (sulfide) groups is 1. The van der Waals surface area contributed by atoms with Crippen molar-refractivity contribution >= 4 is 17.7 Å². The topological polar surface area (TPSA) is 46.3 Å². The number of amides is 1. The zero-order valence-corrected chi connectivity index (χ0v) is 10.6. The summed E-state index contributed by atoms with van der Waals surface area (Å²) in [5.74, 6) is 1.20. The molecule has 0 aromatic heterocycles. The molecule has 0 aromatic rings. The van der Waals surface area contributed by atoms with Crippen molar-refractivity contribution in [3.05, 3.63) is 0 Å². The first kappa shape index (κ1) is 12.8. The van der Waals surface area contributed by atoms with E-state index in [9.17, 15) is 4.79 Å². The van der Waals surface area contributed by atoms with Crippen molar-refractivity contribution in [3.8, 4) is 0 Å². The molecule has 1 aliphatic rings. The Kier molecular flexibility index (Phi) is 5.47. The molecule has 88 valence electrons. The Morgan fingerprint density at radius 2 is 2.40 bits per heavy atom. The summed E-state index contributed by atoms with van der Waals surface area (Å²) in [6.45, 7) is 6.02. The highest BCUT2D eigenvalue weighted by atomic mass is 32.2. The van der Waals surface area contributed by atoms with Crippen LogP contribution in [0.15, 0.2) is 0 Å². The number of rotatable bonds is 4. The second kappa shape index (κ2) is 6.38. The van der Waals surface area contributed by atoms with E-state index in [1.54, 1.807) is 0 Å². The van der Waals surface area contributed by atoms with Crippen molar-refractivity contribution in [2.24, 2.45) is 5.73 Å². The lowest BCUT2D eigenvalue weighted by atomic mass is 10.1. The van der Waals surface area contributed by atoms with Crippen LogP contribution in [0, 0.1) is 0 Å². The minimum atomic E-state index is -0.278. The molecule has 1 heterocycles. The molecule has 1 saturated heterocycles. The molecule has 1 amide bonds. The molecule has 0 aliphatic carbocycles. The third kappa shape index (κ3) is 4.03. The predicted octanol–water partition coefficient (Wildman–Crippen LogP) is 1.47. The van der Waals surface area contributed by atoms with E-state index in [0.29, 0.717) is 5.25 Å². The molecule has 15 heavy (non-hydrogen) atoms. The standard InChI is InChI=1S/C11H22N2OS/c1-3-4-5-10(12)11(14)13-6-7-15-9(2)8-13/h9-10H,3-8,12H2,1-2H3/t9?,10-/m0/s1. The van der Waals surface area contributed by atoms with Gasteiger partial charge in [-0.25, -0.2) is 0 Å². The van der Waals surface area contributed by atoms with E-state index in [0.717, 1.165) is 38.1 Å². The molecule has 2 N–H and O–H groups in total. The van der Waals surface area contributed by atoms with Crippen LogP contribution in [0.2, 0.25) is 0 Å². The molecule has 1 fully saturated rings. The van der Waals surface area contributed by atoms with Crippen molar-refractivity contribution in [3.63, 3.8) is 0 Å². The fourth-order valence-electron chi connectivity index (χ4n) is 1.80. The fraction of sp³-hybridized carbons (Fsp3) is 0.909. The van der Waals surface area contributed by atoms with Gasteiger partial charge in [-0.3, -0.25) is 4.79 Å². The number of carbonyl (C=O) groups is 1. The van der Waals surface area contributed by atoms with E-state index < -0.39 is 0 Å². The second-order valence-corrected chi connectivity index (χ2v) is 5.76. The number of hydrogen-bond donors (Lipinski definition) is 1. The van der Waals surface area contributed by atoms with Crippen LogP contribution in [0.4, 0.5) is 0 Å². The molecule has 4 heteroatoms. The van der Waals surface area contributed by atoms with Gasteiger partial charge < -0.3 is 10.6 Å². The highest BCUT2D eigenvalue weighted by molar-refractivity contribution is 7.99. The summed E-state index contributed by atoms with van der Waals surface area (Å²) in [6.07, 6.45) is 2.98. The molecular weight excluding hydrogens is 208 g/mol. The van der Waals surface area contributed by atoms with E-state index in [2.05, 4.69) is 13.8 Å². The lowest BCUT2D eigenvalue weighted by Gasteiger charge is -2.32. The highest BCUT2D eigenvalue weighted by Crippen LogP contribution is 2.18. The quantitative estimate of drug-likeness (QED) is 0.795. The van der Waals surface area contributed by atoms with Crippen molar-refractivity contribution < 1.29 is 4.79 Å². The lowest BCUT2D eigenvalue weighted by molar-refractivity contribution is -0.132. The zero-order valence-electron chi connectivity index (χ0n) is 9.74. The van der Waals surface area contributed by atoms with Gasteiger partial charge in [0.15, 0.2) is 0 Å². The first-order valence-corrected chi connectivity index (χ1v) is 6.86. The largest absolute Gasteiger partial charge is 0.339 e. The number of hydrogen-bond acceptors (Lipinski definition) is 3. The Balaban J connectivity index is 2.37. The highest BCUT2D eigenvalue weighted by Gasteiger charge is 2.24. The fourth-order valence-corrected chi connectivity index (χ4v) is 2.81. The van der Waals surface area contributed by atoms with Crippen LogP contribution < -0.4 is 5.73 Å². The Bertz CT molecular complexity index is 211. The maximum absolute atomic E-state index is 11.9. The molecule has 0 saturated carbocycles. The van der Waals surface area contributed by atoms with Crippen LogP contribution in [0.5, 0.6) is 0 Å². The van der Waals surface area contributed by atoms with Crippen molar-refractivity contribution in [1.82, 2.24) is 4.90 Å². The Hall–Kier alpha value is -0.220. The van der Waals surface area contributed by atoms with Crippen molar-refractivity contribution in [1.29, 1.82) is 0 Å². The lowest BCUT2D eigenvalue weighted by Crippen LogP contribution is -2.48. The summed E-state index contributed by atoms with van der Waals surface area (Å²) in [5, 5.41) is 0.557. The summed E-state index contributed by atoms with van der Waals surface area (Å²) >= 11 is 1.93. The van der Waals surface area contributed by atoms with Crippen LogP contribution in [0.3, 0.4) is 0 Å². The van der Waals surface area contributed by atoms with Gasteiger partial charge in [0.1, 0.15) is 0 Å². The molecule has 0 spiro atoms. The Morgan fingerprint density at radius 3 is 3.00 bits per heavy atom. The van der Waals surface area contributed by atoms with Crippen molar-refractivity contribution in [2.45, 2.75) is 44.4 Å². The summed E-state index contributed by atoms with van der Waals surface area (Å²) in [6, 6.07) is -0.278. The third-order valence-corrected chi connectivity index (χ3v) is 3.88. The maximum atomic E-state index is 11.9. The summed E-state index contributed by atoms with van der Waals surface area (Å²) in [5.41, 5.74) is 5.88. The van der Waals surface area contributed by atoms with Gasteiger partial charge in [0, 0.05) is 24.1 Å². The number of nitrogens with zero attached hydrogens (tertiary/aromatic N) is 1. The average molecular weight is 230 g/mol. The normalized spacial score (nSPS) is 23.9. The van der Waals surface area contributed by atoms with Crippen LogP contribution >= 0.6 is 11.8 Å². The van der Waals surface area contributed by atoms with Crippen LogP contribution in [0.25, 0.3) is 0 Å². The molecule has 0 aromatic carbocycles. The summed E-state index contributed by atoms with van der Waals surface area (Å²) < 4.78 is 0. The summed E-state index contributed by atoms with van der Waals surface area (Å²) in [4.78, 5) is 13.9. The van der Waals surface area contributed by atoms with Crippen molar-refractivity contribution in [2.75, 3.05) is 18.8 Å². The van der Waals surface area contributed by atoms with Gasteiger partial charge in [0.2, 0.25) is 5.91 Å². The second-order valence-electron chi connectivity index (χ2n) is 4.21. The van der Waals surface area contributed by atoms with Crippen LogP contribution in [-0.4, -0.2) is 40.9 Å². The molecule has 3 nitrogen and oxygen atoms in total. The van der Waals surface area contributed by atoms with E-state index in [1.165, 1.54) is 0 Å². The van der Waals surface area contributed by atoms with Gasteiger partial charge in [0.25, 0.3) is 0 Å². The number of carbonyl (C=O) groups excluding carboxylic acids is 1. The van der Waals surface area contributed by atoms with Gasteiger partial charge in [0.05, 0.1) is 6.04 Å². The predicted molar refractivity (Wildman–Crippen MR) is 66.0 cm³/mol. The first-order valence-electron chi connectivity index (χ1n) is 5.81. The van der Waals surface area contributed by atoms with Crippen LogP contribution in [0.1, 0.15) is 33.1 Å². The number of nitrogens with two attached hydrogens (primary N) is 1. The van der Waals surface area contributed by atoms with Gasteiger partial charge >= 0.3 is 0 Å². The van der Waals surface area contributed by atoms with Gasteiger partial charge in [-0.1, -0.05) is 26.7 Å². The third-order valence-electron chi connectivity index (χ3n) is 2.74. The maximum Gasteiger partial charge on any atom is 0.239 e. The van der Waals surface area contributed by atoms with Gasteiger partial charge in [-0.05, 0) is 6.42 Å². The summed E-state index contributed by atoms with van der Waals surface area (Å²) in [7, 11) is 0. The minimum absolute atomic E-state index is 0.149. The van der Waals surface area contributed by atoms with Crippen LogP contribution in [-0.2, 0) is 4.79 Å². The Labute approximate surface area is 96.8 Å². The first-order chi connectivity index (χ1) is 7.15. The minimum Gasteiger partial charge on any atom is -0.339 e. The molecule has 1 rings (SSSR count). The van der Waals surface area contributed by atoms with E-state index in [1.807, 2.05) is 16.7 Å². The smallest absolute Gasteiger partial charge is 0.239 e. The van der Waals surface area contributed by atoms with E-state index in [-0.39, 0.29) is 11.9 Å². The average Bonchev–Trinajstić information content (AvgIpc) is 2.24. The van der Waals surface area contributed by atoms with Gasteiger partial charge in [-0.15, -0.1) is 0 Å². The number of unbranched alkanes of at least 4 members (excludes halogenated alkanes) is 1. The SMILES string of the molecule is CCCC[C@H](N)C(=O)N1CCSC(C)C1.